The third kappa shape index (κ3) is 2.94. The minimum absolute atomic E-state index is 0.0143. The quantitative estimate of drug-likeness (QED) is 0.866. The van der Waals surface area contributed by atoms with Gasteiger partial charge < -0.3 is 10.2 Å². The van der Waals surface area contributed by atoms with E-state index >= 15 is 0 Å². The summed E-state index contributed by atoms with van der Waals surface area (Å²) >= 11 is 0. The minimum Gasteiger partial charge on any atom is -0.352 e. The maximum atomic E-state index is 12.7. The van der Waals surface area contributed by atoms with E-state index in [2.05, 4.69) is 11.4 Å². The Labute approximate surface area is 148 Å². The molecule has 0 radical (unpaired) electrons. The molecule has 1 unspecified atom stereocenters. The number of amides is 2. The number of nitrogens with one attached hydrogen (secondary N) is 1. The Balaban J connectivity index is 1.72. The number of benzene rings is 1. The average Bonchev–Trinajstić information content (AvgIpc) is 2.75. The van der Waals surface area contributed by atoms with Crippen LogP contribution in [0.25, 0.3) is 0 Å². The van der Waals surface area contributed by atoms with Crippen molar-refractivity contribution in [1.29, 1.82) is 0 Å². The summed E-state index contributed by atoms with van der Waals surface area (Å²) in [4.78, 5) is 25.6. The summed E-state index contributed by atoms with van der Waals surface area (Å²) in [7, 11) is -3.36. The van der Waals surface area contributed by atoms with Crippen molar-refractivity contribution in [3.05, 3.63) is 34.9 Å². The van der Waals surface area contributed by atoms with Gasteiger partial charge in [-0.3, -0.25) is 9.59 Å². The number of rotatable bonds is 3. The highest BCUT2D eigenvalue weighted by Gasteiger charge is 2.64. The SMILES string of the molecule is CC(=O)N1CC2(C1)C(C(=O)NCc1ccc(C)cc1C)CCS2(=O)=O. The summed E-state index contributed by atoms with van der Waals surface area (Å²) in [6.45, 7) is 6.07. The first kappa shape index (κ1) is 17.9. The molecule has 1 aromatic rings. The summed E-state index contributed by atoms with van der Waals surface area (Å²) in [5.74, 6) is -0.953. The van der Waals surface area contributed by atoms with E-state index in [4.69, 9.17) is 0 Å². The highest BCUT2D eigenvalue weighted by Crippen LogP contribution is 2.44. The number of likely N-dealkylation sites (tertiary alicyclic amines) is 1. The summed E-state index contributed by atoms with van der Waals surface area (Å²) in [6, 6.07) is 6.03. The standard InChI is InChI=1S/C18H24N2O4S/c1-12-4-5-15(13(2)8-12)9-19-17(22)16-6-7-25(23,24)18(16)10-20(11-18)14(3)21/h4-5,8,16H,6-7,9-11H2,1-3H3,(H,19,22). The van der Waals surface area contributed by atoms with Crippen molar-refractivity contribution in [2.75, 3.05) is 18.8 Å². The predicted octanol–water partition coefficient (Wildman–Crippen LogP) is 0.955. The smallest absolute Gasteiger partial charge is 0.225 e. The normalized spacial score (nSPS) is 23.3. The highest BCUT2D eigenvalue weighted by atomic mass is 32.2. The minimum atomic E-state index is -3.36. The van der Waals surface area contributed by atoms with Gasteiger partial charge in [-0.2, -0.15) is 0 Å². The number of hydrogen-bond acceptors (Lipinski definition) is 4. The lowest BCUT2D eigenvalue weighted by Crippen LogP contribution is -2.69. The first-order chi connectivity index (χ1) is 11.7. The third-order valence-corrected chi connectivity index (χ3v) is 8.11. The van der Waals surface area contributed by atoms with Crippen LogP contribution in [0, 0.1) is 19.8 Å². The van der Waals surface area contributed by atoms with Crippen molar-refractivity contribution in [3.63, 3.8) is 0 Å². The molecule has 3 rings (SSSR count). The zero-order valence-electron chi connectivity index (χ0n) is 14.8. The van der Waals surface area contributed by atoms with Crippen LogP contribution in [0.2, 0.25) is 0 Å². The molecule has 25 heavy (non-hydrogen) atoms. The van der Waals surface area contributed by atoms with Crippen LogP contribution in [0.1, 0.15) is 30.0 Å². The van der Waals surface area contributed by atoms with Crippen molar-refractivity contribution < 1.29 is 18.0 Å². The Morgan fingerprint density at radius 2 is 1.96 bits per heavy atom. The number of nitrogens with zero attached hydrogens (tertiary/aromatic N) is 1. The Bertz CT molecular complexity index is 825. The zero-order chi connectivity index (χ0) is 18.4. The van der Waals surface area contributed by atoms with E-state index in [9.17, 15) is 18.0 Å². The summed E-state index contributed by atoms with van der Waals surface area (Å²) in [5.41, 5.74) is 3.28. The maximum absolute atomic E-state index is 12.7. The maximum Gasteiger partial charge on any atom is 0.225 e. The molecule has 6 nitrogen and oxygen atoms in total. The van der Waals surface area contributed by atoms with Crippen LogP contribution in [0.4, 0.5) is 0 Å². The van der Waals surface area contributed by atoms with E-state index in [0.29, 0.717) is 13.0 Å². The molecule has 1 N–H and O–H groups in total. The molecule has 2 saturated heterocycles. The van der Waals surface area contributed by atoms with Gasteiger partial charge in [-0.1, -0.05) is 23.8 Å². The Morgan fingerprint density at radius 1 is 1.28 bits per heavy atom. The van der Waals surface area contributed by atoms with E-state index in [1.54, 1.807) is 0 Å². The Hall–Kier alpha value is -1.89. The molecule has 0 aliphatic carbocycles. The molecule has 1 atom stereocenters. The van der Waals surface area contributed by atoms with Crippen LogP contribution in [0.15, 0.2) is 18.2 Å². The molecule has 2 fully saturated rings. The van der Waals surface area contributed by atoms with Crippen molar-refractivity contribution >= 4 is 21.7 Å². The van der Waals surface area contributed by atoms with Crippen LogP contribution in [0.5, 0.6) is 0 Å². The molecule has 1 spiro atoms. The number of sulfone groups is 1. The lowest BCUT2D eigenvalue weighted by Gasteiger charge is -2.49. The first-order valence-corrected chi connectivity index (χ1v) is 10.1. The topological polar surface area (TPSA) is 83.6 Å². The van der Waals surface area contributed by atoms with Gasteiger partial charge in [0, 0.05) is 26.6 Å². The van der Waals surface area contributed by atoms with Crippen molar-refractivity contribution in [2.45, 2.75) is 38.5 Å². The Morgan fingerprint density at radius 3 is 2.56 bits per heavy atom. The fourth-order valence-corrected chi connectivity index (χ4v) is 6.23. The van der Waals surface area contributed by atoms with Crippen LogP contribution >= 0.6 is 0 Å². The van der Waals surface area contributed by atoms with Gasteiger partial charge in [-0.05, 0) is 31.4 Å². The zero-order valence-corrected chi connectivity index (χ0v) is 15.6. The van der Waals surface area contributed by atoms with E-state index in [-0.39, 0.29) is 30.7 Å². The van der Waals surface area contributed by atoms with Gasteiger partial charge in [0.15, 0.2) is 9.84 Å². The van der Waals surface area contributed by atoms with Gasteiger partial charge in [-0.25, -0.2) is 8.42 Å². The van der Waals surface area contributed by atoms with Gasteiger partial charge in [0.1, 0.15) is 4.75 Å². The van der Waals surface area contributed by atoms with Gasteiger partial charge in [-0.15, -0.1) is 0 Å². The lowest BCUT2D eigenvalue weighted by atomic mass is 9.82. The second-order valence-corrected chi connectivity index (χ2v) is 9.70. The summed E-state index contributed by atoms with van der Waals surface area (Å²) in [5, 5.41) is 2.90. The van der Waals surface area contributed by atoms with E-state index < -0.39 is 20.5 Å². The molecule has 2 aliphatic rings. The molecule has 0 aromatic heterocycles. The van der Waals surface area contributed by atoms with E-state index in [1.807, 2.05) is 26.0 Å². The molecular weight excluding hydrogens is 340 g/mol. The van der Waals surface area contributed by atoms with Crippen molar-refractivity contribution in [3.8, 4) is 0 Å². The summed E-state index contributed by atoms with van der Waals surface area (Å²) < 4.78 is 23.9. The molecule has 136 valence electrons. The van der Waals surface area contributed by atoms with Gasteiger partial charge >= 0.3 is 0 Å². The number of aryl methyl sites for hydroxylation is 2. The highest BCUT2D eigenvalue weighted by molar-refractivity contribution is 7.93. The number of carbonyl (C=O) groups excluding carboxylic acids is 2. The first-order valence-electron chi connectivity index (χ1n) is 8.48. The molecule has 0 saturated carbocycles. The molecule has 2 heterocycles. The summed E-state index contributed by atoms with van der Waals surface area (Å²) in [6.07, 6.45) is 0.326. The lowest BCUT2D eigenvalue weighted by molar-refractivity contribution is -0.138. The number of hydrogen-bond donors (Lipinski definition) is 1. The van der Waals surface area contributed by atoms with Crippen molar-refractivity contribution in [2.24, 2.45) is 5.92 Å². The van der Waals surface area contributed by atoms with Gasteiger partial charge in [0.25, 0.3) is 0 Å². The van der Waals surface area contributed by atoms with Crippen molar-refractivity contribution in [1.82, 2.24) is 10.2 Å². The molecule has 7 heteroatoms. The number of carbonyl (C=O) groups is 2. The largest absolute Gasteiger partial charge is 0.352 e. The third-order valence-electron chi connectivity index (χ3n) is 5.56. The molecule has 2 amide bonds. The second-order valence-electron chi connectivity index (χ2n) is 7.25. The van der Waals surface area contributed by atoms with Gasteiger partial charge in [0.05, 0.1) is 11.7 Å². The fraction of sp³-hybridized carbons (Fsp3) is 0.556. The van der Waals surface area contributed by atoms with E-state index in [1.165, 1.54) is 11.8 Å². The molecular formula is C18H24N2O4S. The molecule has 2 aliphatic heterocycles. The average molecular weight is 364 g/mol. The fourth-order valence-electron chi connectivity index (χ4n) is 3.92. The predicted molar refractivity (Wildman–Crippen MR) is 94.6 cm³/mol. The molecule has 0 bridgehead atoms. The Kier molecular flexibility index (Phi) is 4.39. The van der Waals surface area contributed by atoms with Crippen LogP contribution in [-0.4, -0.2) is 48.7 Å². The monoisotopic (exact) mass is 364 g/mol. The molecule has 1 aromatic carbocycles. The second kappa shape index (κ2) is 6.12. The van der Waals surface area contributed by atoms with E-state index in [0.717, 1.165) is 16.7 Å². The van der Waals surface area contributed by atoms with Crippen LogP contribution in [0.3, 0.4) is 0 Å². The van der Waals surface area contributed by atoms with Gasteiger partial charge in [0.2, 0.25) is 11.8 Å². The van der Waals surface area contributed by atoms with Crippen LogP contribution in [-0.2, 0) is 26.0 Å². The van der Waals surface area contributed by atoms with Crippen LogP contribution < -0.4 is 5.32 Å².